The van der Waals surface area contributed by atoms with Crippen LogP contribution in [0.5, 0.6) is 17.2 Å². The zero-order valence-electron chi connectivity index (χ0n) is 12.0. The fourth-order valence-electron chi connectivity index (χ4n) is 2.67. The van der Waals surface area contributed by atoms with Gasteiger partial charge >= 0.3 is 0 Å². The van der Waals surface area contributed by atoms with Gasteiger partial charge in [-0.3, -0.25) is 0 Å². The minimum Gasteiger partial charge on any atom is -0.493 e. The first kappa shape index (κ1) is 13.5. The molecule has 5 nitrogen and oxygen atoms in total. The van der Waals surface area contributed by atoms with Crippen LogP contribution in [0.2, 0.25) is 0 Å². The molecule has 1 aromatic carbocycles. The van der Waals surface area contributed by atoms with Crippen LogP contribution in [-0.4, -0.2) is 27.0 Å². The molecule has 1 heterocycles. The first-order chi connectivity index (χ1) is 9.72. The summed E-state index contributed by atoms with van der Waals surface area (Å²) in [7, 11) is 1.64. The van der Waals surface area contributed by atoms with Crippen LogP contribution >= 0.6 is 0 Å². The van der Waals surface area contributed by atoms with Gasteiger partial charge < -0.3 is 25.3 Å². The van der Waals surface area contributed by atoms with Gasteiger partial charge in [0, 0.05) is 12.6 Å². The molecule has 0 bridgehead atoms. The van der Waals surface area contributed by atoms with Crippen LogP contribution in [0.4, 0.5) is 0 Å². The second-order valence-corrected chi connectivity index (χ2v) is 5.63. The predicted molar refractivity (Wildman–Crippen MR) is 76.2 cm³/mol. The number of hydrogen-bond acceptors (Lipinski definition) is 5. The van der Waals surface area contributed by atoms with Gasteiger partial charge in [-0.2, -0.15) is 0 Å². The quantitative estimate of drug-likeness (QED) is 0.828. The van der Waals surface area contributed by atoms with Crippen molar-refractivity contribution < 1.29 is 14.2 Å². The molecule has 0 radical (unpaired) electrons. The van der Waals surface area contributed by atoms with E-state index >= 15 is 0 Å². The Bertz CT molecular complexity index is 492. The second-order valence-electron chi connectivity index (χ2n) is 5.63. The summed E-state index contributed by atoms with van der Waals surface area (Å²) in [6.45, 7) is 4.09. The van der Waals surface area contributed by atoms with Crippen molar-refractivity contribution in [3.8, 4) is 17.2 Å². The van der Waals surface area contributed by atoms with Crippen molar-refractivity contribution >= 4 is 0 Å². The monoisotopic (exact) mass is 278 g/mol. The molecule has 1 fully saturated rings. The Kier molecular flexibility index (Phi) is 3.72. The molecule has 0 spiro atoms. The summed E-state index contributed by atoms with van der Waals surface area (Å²) in [5, 5.41) is 3.54. The molecule has 1 aromatic rings. The molecule has 20 heavy (non-hydrogen) atoms. The van der Waals surface area contributed by atoms with E-state index in [9.17, 15) is 0 Å². The highest BCUT2D eigenvalue weighted by Gasteiger charge is 2.32. The topological polar surface area (TPSA) is 65.7 Å². The van der Waals surface area contributed by atoms with E-state index in [-0.39, 0.29) is 12.8 Å². The Hall–Kier alpha value is -1.46. The number of fused-ring (bicyclic) bond motifs is 1. The van der Waals surface area contributed by atoms with Crippen LogP contribution in [0.1, 0.15) is 24.9 Å². The third-order valence-electron chi connectivity index (χ3n) is 4.22. The van der Waals surface area contributed by atoms with Gasteiger partial charge in [-0.1, -0.05) is 6.92 Å². The average Bonchev–Trinajstić information content (AvgIpc) is 2.97. The molecule has 1 aliphatic heterocycles. The predicted octanol–water partition coefficient (Wildman–Crippen LogP) is 1.67. The van der Waals surface area contributed by atoms with Gasteiger partial charge in [-0.15, -0.1) is 0 Å². The van der Waals surface area contributed by atoms with Gasteiger partial charge in [-0.25, -0.2) is 0 Å². The number of ether oxygens (including phenoxy) is 3. The van der Waals surface area contributed by atoms with Gasteiger partial charge in [-0.05, 0) is 42.5 Å². The van der Waals surface area contributed by atoms with Gasteiger partial charge in [0.05, 0.1) is 7.11 Å². The number of rotatable bonds is 6. The smallest absolute Gasteiger partial charge is 0.231 e. The third-order valence-corrected chi connectivity index (χ3v) is 4.22. The standard InChI is InChI=1S/C15H22N2O3/c1-9-3-11(9)7-17-12(6-16)10-4-13(18-2)15-14(5-10)19-8-20-15/h4-5,9,11-12,17H,3,6-8,16H2,1-2H3. The van der Waals surface area contributed by atoms with Crippen molar-refractivity contribution in [2.24, 2.45) is 17.6 Å². The Morgan fingerprint density at radius 1 is 1.45 bits per heavy atom. The minimum atomic E-state index is 0.117. The molecule has 3 atom stereocenters. The second kappa shape index (κ2) is 5.50. The summed E-state index contributed by atoms with van der Waals surface area (Å²) < 4.78 is 16.2. The van der Waals surface area contributed by atoms with E-state index in [0.29, 0.717) is 18.0 Å². The maximum Gasteiger partial charge on any atom is 0.231 e. The molecule has 3 unspecified atom stereocenters. The molecule has 3 rings (SSSR count). The molecule has 0 aromatic heterocycles. The molecule has 0 amide bonds. The lowest BCUT2D eigenvalue weighted by atomic mass is 10.1. The van der Waals surface area contributed by atoms with Crippen molar-refractivity contribution in [2.75, 3.05) is 27.0 Å². The van der Waals surface area contributed by atoms with Crippen LogP contribution < -0.4 is 25.3 Å². The Balaban J connectivity index is 1.76. The number of benzene rings is 1. The molecule has 1 aliphatic carbocycles. The summed E-state index contributed by atoms with van der Waals surface area (Å²) in [4.78, 5) is 0. The molecule has 1 saturated carbocycles. The lowest BCUT2D eigenvalue weighted by Gasteiger charge is -2.18. The summed E-state index contributed by atoms with van der Waals surface area (Å²) in [5.74, 6) is 3.75. The summed E-state index contributed by atoms with van der Waals surface area (Å²) >= 11 is 0. The van der Waals surface area contributed by atoms with Gasteiger partial charge in [0.15, 0.2) is 11.5 Å². The van der Waals surface area contributed by atoms with Crippen molar-refractivity contribution in [1.82, 2.24) is 5.32 Å². The number of nitrogens with two attached hydrogens (primary N) is 1. The number of nitrogens with one attached hydrogen (secondary N) is 1. The summed E-state index contributed by atoms with van der Waals surface area (Å²) in [6.07, 6.45) is 1.31. The normalized spacial score (nSPS) is 24.6. The van der Waals surface area contributed by atoms with E-state index in [1.54, 1.807) is 7.11 Å². The van der Waals surface area contributed by atoms with Crippen molar-refractivity contribution in [3.05, 3.63) is 17.7 Å². The van der Waals surface area contributed by atoms with Crippen LogP contribution in [0.15, 0.2) is 12.1 Å². The zero-order valence-corrected chi connectivity index (χ0v) is 12.0. The van der Waals surface area contributed by atoms with E-state index in [4.69, 9.17) is 19.9 Å². The highest BCUT2D eigenvalue weighted by Crippen LogP contribution is 2.43. The van der Waals surface area contributed by atoms with Crippen LogP contribution in [0, 0.1) is 11.8 Å². The van der Waals surface area contributed by atoms with Gasteiger partial charge in [0.2, 0.25) is 12.5 Å². The van der Waals surface area contributed by atoms with Crippen LogP contribution in [-0.2, 0) is 0 Å². The van der Waals surface area contributed by atoms with Crippen LogP contribution in [0.25, 0.3) is 0 Å². The van der Waals surface area contributed by atoms with Crippen molar-refractivity contribution in [3.63, 3.8) is 0 Å². The minimum absolute atomic E-state index is 0.117. The summed E-state index contributed by atoms with van der Waals surface area (Å²) in [6, 6.07) is 4.09. The van der Waals surface area contributed by atoms with E-state index in [0.717, 1.165) is 29.7 Å². The Labute approximate surface area is 119 Å². The van der Waals surface area contributed by atoms with Gasteiger partial charge in [0.25, 0.3) is 0 Å². The highest BCUT2D eigenvalue weighted by molar-refractivity contribution is 5.55. The van der Waals surface area contributed by atoms with E-state index in [1.165, 1.54) is 6.42 Å². The van der Waals surface area contributed by atoms with E-state index in [2.05, 4.69) is 12.2 Å². The number of hydrogen-bond donors (Lipinski definition) is 2. The first-order valence-corrected chi connectivity index (χ1v) is 7.14. The zero-order chi connectivity index (χ0) is 14.1. The van der Waals surface area contributed by atoms with E-state index < -0.39 is 0 Å². The Morgan fingerprint density at radius 2 is 2.25 bits per heavy atom. The van der Waals surface area contributed by atoms with E-state index in [1.807, 2.05) is 12.1 Å². The molecule has 110 valence electrons. The molecule has 5 heteroatoms. The molecular weight excluding hydrogens is 256 g/mol. The fraction of sp³-hybridized carbons (Fsp3) is 0.600. The molecule has 2 aliphatic rings. The SMILES string of the molecule is COc1cc(C(CN)NCC2CC2C)cc2c1OCO2. The largest absolute Gasteiger partial charge is 0.493 e. The fourth-order valence-corrected chi connectivity index (χ4v) is 2.67. The molecule has 0 saturated heterocycles. The van der Waals surface area contributed by atoms with Crippen molar-refractivity contribution in [1.29, 1.82) is 0 Å². The first-order valence-electron chi connectivity index (χ1n) is 7.14. The number of methoxy groups -OCH3 is 1. The average molecular weight is 278 g/mol. The summed E-state index contributed by atoms with van der Waals surface area (Å²) in [5.41, 5.74) is 6.99. The maximum absolute atomic E-state index is 5.91. The third kappa shape index (κ3) is 2.55. The Morgan fingerprint density at radius 3 is 2.90 bits per heavy atom. The lowest BCUT2D eigenvalue weighted by Crippen LogP contribution is -2.30. The van der Waals surface area contributed by atoms with Gasteiger partial charge in [0.1, 0.15) is 0 Å². The molecule has 3 N–H and O–H groups in total. The maximum atomic E-state index is 5.91. The van der Waals surface area contributed by atoms with Crippen molar-refractivity contribution in [2.45, 2.75) is 19.4 Å². The van der Waals surface area contributed by atoms with Crippen LogP contribution in [0.3, 0.4) is 0 Å². The highest BCUT2D eigenvalue weighted by atomic mass is 16.7. The lowest BCUT2D eigenvalue weighted by molar-refractivity contribution is 0.171. The molecular formula is C15H22N2O3.